The number of hydrogen-bond acceptors (Lipinski definition) is 6. The molecule has 1 aliphatic heterocycles. The third-order valence-corrected chi connectivity index (χ3v) is 3.37. The first-order chi connectivity index (χ1) is 8.49. The molecule has 94 valence electrons. The van der Waals surface area contributed by atoms with Crippen molar-refractivity contribution in [3.8, 4) is 0 Å². The molecule has 8 heteroatoms. The number of benzene rings is 1. The van der Waals surface area contributed by atoms with E-state index in [1.807, 2.05) is 0 Å². The average molecular weight is 267 g/mol. The Morgan fingerprint density at radius 3 is 2.72 bits per heavy atom. The second-order valence-corrected chi connectivity index (χ2v) is 4.60. The minimum atomic E-state index is -0.550. The van der Waals surface area contributed by atoms with Crippen LogP contribution in [-0.2, 0) is 11.3 Å². The van der Waals surface area contributed by atoms with Crippen molar-refractivity contribution in [2.45, 2.75) is 6.54 Å². The van der Waals surface area contributed by atoms with Crippen molar-refractivity contribution in [2.75, 3.05) is 11.5 Å². The highest BCUT2D eigenvalue weighted by Crippen LogP contribution is 2.25. The Balaban J connectivity index is 2.28. The molecule has 18 heavy (non-hydrogen) atoms. The van der Waals surface area contributed by atoms with Gasteiger partial charge in [0.15, 0.2) is 0 Å². The monoisotopic (exact) mass is 267 g/mol. The van der Waals surface area contributed by atoms with E-state index in [9.17, 15) is 19.7 Å². The van der Waals surface area contributed by atoms with Crippen molar-refractivity contribution in [3.05, 3.63) is 33.9 Å². The number of nitrogens with zero attached hydrogens (tertiary/aromatic N) is 2. The molecular weight excluding hydrogens is 258 g/mol. The molecule has 0 aliphatic carbocycles. The maximum atomic E-state index is 11.4. The third-order valence-electron chi connectivity index (χ3n) is 2.51. The molecule has 0 aromatic heterocycles. The summed E-state index contributed by atoms with van der Waals surface area (Å²) in [6, 6.07) is 3.95. The van der Waals surface area contributed by atoms with Gasteiger partial charge in [-0.15, -0.1) is 0 Å². The summed E-state index contributed by atoms with van der Waals surface area (Å²) in [6.45, 7) is -0.0296. The summed E-state index contributed by atoms with van der Waals surface area (Å²) in [5.41, 5.74) is 6.27. The Kier molecular flexibility index (Phi) is 3.19. The van der Waals surface area contributed by atoms with E-state index in [-0.39, 0.29) is 29.1 Å². The number of carbonyl (C=O) groups is 2. The number of nitrogen functional groups attached to an aromatic ring is 1. The SMILES string of the molecule is Nc1ccc([N+](=O)[O-])cc1CN1C(=O)CSC1=O. The van der Waals surface area contributed by atoms with Crippen LogP contribution in [0.4, 0.5) is 16.2 Å². The smallest absolute Gasteiger partial charge is 0.289 e. The quantitative estimate of drug-likeness (QED) is 0.503. The lowest BCUT2D eigenvalue weighted by molar-refractivity contribution is -0.384. The van der Waals surface area contributed by atoms with E-state index >= 15 is 0 Å². The number of nitro groups is 1. The number of nitro benzene ring substituents is 1. The average Bonchev–Trinajstić information content (AvgIpc) is 2.63. The molecule has 2 N–H and O–H groups in total. The van der Waals surface area contributed by atoms with Crippen LogP contribution in [0.1, 0.15) is 5.56 Å². The number of rotatable bonds is 3. The van der Waals surface area contributed by atoms with Crippen LogP contribution in [0.3, 0.4) is 0 Å². The minimum Gasteiger partial charge on any atom is -0.398 e. The molecule has 0 spiro atoms. The van der Waals surface area contributed by atoms with Crippen LogP contribution in [0.5, 0.6) is 0 Å². The van der Waals surface area contributed by atoms with Gasteiger partial charge in [0.2, 0.25) is 5.91 Å². The number of nitrogens with two attached hydrogens (primary N) is 1. The molecule has 1 aromatic carbocycles. The number of carbonyl (C=O) groups excluding carboxylic acids is 2. The van der Waals surface area contributed by atoms with E-state index in [1.54, 1.807) is 0 Å². The highest BCUT2D eigenvalue weighted by molar-refractivity contribution is 8.14. The highest BCUT2D eigenvalue weighted by Gasteiger charge is 2.30. The van der Waals surface area contributed by atoms with Gasteiger partial charge in [0, 0.05) is 23.4 Å². The van der Waals surface area contributed by atoms with Gasteiger partial charge >= 0.3 is 0 Å². The van der Waals surface area contributed by atoms with Gasteiger partial charge in [-0.25, -0.2) is 0 Å². The van der Waals surface area contributed by atoms with Crippen LogP contribution in [0.2, 0.25) is 0 Å². The Morgan fingerprint density at radius 1 is 1.44 bits per heavy atom. The van der Waals surface area contributed by atoms with Crippen molar-refractivity contribution < 1.29 is 14.5 Å². The molecule has 0 atom stereocenters. The Morgan fingerprint density at radius 2 is 2.17 bits per heavy atom. The Hall–Kier alpha value is -2.09. The summed E-state index contributed by atoms with van der Waals surface area (Å²) in [7, 11) is 0. The molecule has 1 aliphatic rings. The molecule has 1 aromatic rings. The van der Waals surface area contributed by atoms with Gasteiger partial charge in [0.1, 0.15) is 0 Å². The van der Waals surface area contributed by atoms with Crippen LogP contribution < -0.4 is 5.73 Å². The van der Waals surface area contributed by atoms with E-state index in [4.69, 9.17) is 5.73 Å². The molecule has 2 amide bonds. The summed E-state index contributed by atoms with van der Waals surface area (Å²) < 4.78 is 0. The molecule has 1 fully saturated rings. The molecule has 0 bridgehead atoms. The number of non-ortho nitro benzene ring substituents is 1. The van der Waals surface area contributed by atoms with Gasteiger partial charge in [-0.05, 0) is 6.07 Å². The number of hydrogen-bond donors (Lipinski definition) is 1. The van der Waals surface area contributed by atoms with Gasteiger partial charge in [0.05, 0.1) is 17.2 Å². The number of imide groups is 1. The highest BCUT2D eigenvalue weighted by atomic mass is 32.2. The molecule has 7 nitrogen and oxygen atoms in total. The fraction of sp³-hybridized carbons (Fsp3) is 0.200. The summed E-state index contributed by atoms with van der Waals surface area (Å²) in [5, 5.41) is 10.3. The van der Waals surface area contributed by atoms with Crippen molar-refractivity contribution in [2.24, 2.45) is 0 Å². The van der Waals surface area contributed by atoms with Gasteiger partial charge in [-0.2, -0.15) is 0 Å². The van der Waals surface area contributed by atoms with Crippen LogP contribution in [0.15, 0.2) is 18.2 Å². The Labute approximate surface area is 106 Å². The predicted octanol–water partition coefficient (Wildman–Crippen LogP) is 1.37. The van der Waals surface area contributed by atoms with Crippen LogP contribution >= 0.6 is 11.8 Å². The second-order valence-electron chi connectivity index (χ2n) is 3.67. The lowest BCUT2D eigenvalue weighted by Crippen LogP contribution is -2.28. The standard InChI is InChI=1S/C10H9N3O4S/c11-8-2-1-7(13(16)17)3-6(8)4-12-9(14)5-18-10(12)15/h1-3H,4-5,11H2. The molecule has 0 radical (unpaired) electrons. The predicted molar refractivity (Wildman–Crippen MR) is 65.9 cm³/mol. The van der Waals surface area contributed by atoms with Crippen molar-refractivity contribution in [3.63, 3.8) is 0 Å². The molecule has 0 saturated carbocycles. The van der Waals surface area contributed by atoms with E-state index in [0.717, 1.165) is 16.7 Å². The van der Waals surface area contributed by atoms with Gasteiger partial charge in [-0.1, -0.05) is 11.8 Å². The minimum absolute atomic E-state index is 0.0296. The summed E-state index contributed by atoms with van der Waals surface area (Å²) in [4.78, 5) is 34.0. The molecular formula is C10H9N3O4S. The van der Waals surface area contributed by atoms with E-state index < -0.39 is 4.92 Å². The molecule has 1 heterocycles. The van der Waals surface area contributed by atoms with E-state index in [2.05, 4.69) is 0 Å². The lowest BCUT2D eigenvalue weighted by Gasteiger charge is -2.14. The maximum Gasteiger partial charge on any atom is 0.289 e. The first-order valence-corrected chi connectivity index (χ1v) is 5.97. The second kappa shape index (κ2) is 4.65. The molecule has 2 rings (SSSR count). The van der Waals surface area contributed by atoms with E-state index in [0.29, 0.717) is 11.3 Å². The molecule has 0 unspecified atom stereocenters. The largest absolute Gasteiger partial charge is 0.398 e. The van der Waals surface area contributed by atoms with Crippen LogP contribution in [0, 0.1) is 10.1 Å². The normalized spacial score (nSPS) is 15.2. The lowest BCUT2D eigenvalue weighted by atomic mass is 10.1. The first kappa shape index (κ1) is 12.4. The third kappa shape index (κ3) is 2.28. The Bertz CT molecular complexity index is 530. The van der Waals surface area contributed by atoms with Gasteiger partial charge in [-0.3, -0.25) is 24.6 Å². The number of anilines is 1. The van der Waals surface area contributed by atoms with Crippen LogP contribution in [0.25, 0.3) is 0 Å². The van der Waals surface area contributed by atoms with Crippen molar-refractivity contribution >= 4 is 34.3 Å². The molecule has 1 saturated heterocycles. The number of amides is 2. The first-order valence-electron chi connectivity index (χ1n) is 4.99. The summed E-state index contributed by atoms with van der Waals surface area (Å²) in [5.74, 6) is -0.205. The van der Waals surface area contributed by atoms with Gasteiger partial charge in [0.25, 0.3) is 10.9 Å². The van der Waals surface area contributed by atoms with E-state index in [1.165, 1.54) is 18.2 Å². The number of thioether (sulfide) groups is 1. The summed E-state index contributed by atoms with van der Waals surface area (Å²) in [6.07, 6.45) is 0. The van der Waals surface area contributed by atoms with Crippen molar-refractivity contribution in [1.29, 1.82) is 0 Å². The van der Waals surface area contributed by atoms with Crippen molar-refractivity contribution in [1.82, 2.24) is 4.90 Å². The zero-order valence-corrected chi connectivity index (χ0v) is 9.98. The van der Waals surface area contributed by atoms with Crippen LogP contribution in [-0.4, -0.2) is 26.7 Å². The van der Waals surface area contributed by atoms with Gasteiger partial charge < -0.3 is 5.73 Å². The fourth-order valence-corrected chi connectivity index (χ4v) is 2.27. The zero-order valence-electron chi connectivity index (χ0n) is 9.16. The topological polar surface area (TPSA) is 107 Å². The summed E-state index contributed by atoms with van der Waals surface area (Å²) >= 11 is 0.912. The maximum absolute atomic E-state index is 11.4. The zero-order chi connectivity index (χ0) is 13.3. The fourth-order valence-electron chi connectivity index (χ4n) is 1.55.